The minimum absolute atomic E-state index is 0.0134. The summed E-state index contributed by atoms with van der Waals surface area (Å²) in [6, 6.07) is 16.4. The predicted molar refractivity (Wildman–Crippen MR) is 138 cm³/mol. The monoisotopic (exact) mass is 486 g/mol. The van der Waals surface area contributed by atoms with E-state index in [2.05, 4.69) is 54.2 Å². The maximum absolute atomic E-state index is 13.1. The molecule has 1 fully saturated rings. The molecule has 1 amide bonds. The molecule has 1 unspecified atom stereocenters. The number of carbonyl (C=O) groups is 1. The molecule has 6 heteroatoms. The minimum atomic E-state index is -0.0443. The van der Waals surface area contributed by atoms with Crippen LogP contribution >= 0.6 is 11.6 Å². The molecule has 0 saturated carbocycles. The van der Waals surface area contributed by atoms with Crippen LogP contribution in [-0.4, -0.2) is 33.9 Å². The van der Waals surface area contributed by atoms with E-state index in [1.807, 2.05) is 24.0 Å². The van der Waals surface area contributed by atoms with Crippen LogP contribution in [0.4, 0.5) is 0 Å². The van der Waals surface area contributed by atoms with Crippen molar-refractivity contribution in [3.63, 3.8) is 0 Å². The fourth-order valence-corrected chi connectivity index (χ4v) is 5.34. The Balaban J connectivity index is 1.55. The number of nitrogens with zero attached hydrogens (tertiary/aromatic N) is 4. The number of likely N-dealkylation sites (tertiary alicyclic amines) is 1. The normalized spacial score (nSPS) is 17.1. The second-order valence-corrected chi connectivity index (χ2v) is 10.4. The van der Waals surface area contributed by atoms with E-state index in [4.69, 9.17) is 11.6 Å². The standard InChI is InChI=1S/C29H31ClN4O/c1-20-6-4-5-7-23(20)15-29(3,12-10-22-8-9-24(16-31)26(30)14-22)25-11-13-34(19-25)28(35)27-18-32-21(2)17-33-27/h4-9,14,17-18,25H,10-13,15,19H2,1-3H3/t25?,29-/m1/s1. The van der Waals surface area contributed by atoms with E-state index in [9.17, 15) is 10.1 Å². The van der Waals surface area contributed by atoms with Gasteiger partial charge in [0.2, 0.25) is 0 Å². The van der Waals surface area contributed by atoms with Crippen molar-refractivity contribution < 1.29 is 4.79 Å². The van der Waals surface area contributed by atoms with E-state index in [0.29, 0.717) is 28.7 Å². The fourth-order valence-electron chi connectivity index (χ4n) is 5.09. The van der Waals surface area contributed by atoms with E-state index in [1.165, 1.54) is 11.1 Å². The van der Waals surface area contributed by atoms with Crippen LogP contribution in [0, 0.1) is 36.5 Å². The molecule has 0 radical (unpaired) electrons. The van der Waals surface area contributed by atoms with Gasteiger partial charge in [-0.05, 0) is 79.7 Å². The van der Waals surface area contributed by atoms with Crippen LogP contribution in [0.1, 0.15) is 58.2 Å². The molecule has 1 aliphatic heterocycles. The van der Waals surface area contributed by atoms with Crippen molar-refractivity contribution in [2.45, 2.75) is 46.5 Å². The second-order valence-electron chi connectivity index (χ2n) is 9.96. The first-order valence-corrected chi connectivity index (χ1v) is 12.5. The molecule has 4 rings (SSSR count). The maximum atomic E-state index is 13.1. The first kappa shape index (κ1) is 24.9. The van der Waals surface area contributed by atoms with Gasteiger partial charge >= 0.3 is 0 Å². The number of nitriles is 1. The topological polar surface area (TPSA) is 69.9 Å². The van der Waals surface area contributed by atoms with E-state index in [-0.39, 0.29) is 11.3 Å². The van der Waals surface area contributed by atoms with Gasteiger partial charge in [0, 0.05) is 19.3 Å². The molecule has 5 nitrogen and oxygen atoms in total. The fraction of sp³-hybridized carbons (Fsp3) is 0.379. The highest BCUT2D eigenvalue weighted by Gasteiger charge is 2.40. The summed E-state index contributed by atoms with van der Waals surface area (Å²) in [6.07, 6.45) is 6.95. The Hall–Kier alpha value is -3.23. The summed E-state index contributed by atoms with van der Waals surface area (Å²) < 4.78 is 0. The first-order valence-electron chi connectivity index (χ1n) is 12.1. The number of carbonyl (C=O) groups excluding carboxylic acids is 1. The summed E-state index contributed by atoms with van der Waals surface area (Å²) in [5, 5.41) is 9.69. The molecule has 0 bridgehead atoms. The number of aromatic nitrogens is 2. The van der Waals surface area contributed by atoms with Crippen molar-refractivity contribution in [2.75, 3.05) is 13.1 Å². The van der Waals surface area contributed by atoms with Crippen molar-refractivity contribution in [3.05, 3.63) is 93.5 Å². The molecular weight excluding hydrogens is 456 g/mol. The van der Waals surface area contributed by atoms with Crippen molar-refractivity contribution in [3.8, 4) is 6.07 Å². The van der Waals surface area contributed by atoms with Crippen molar-refractivity contribution >= 4 is 17.5 Å². The van der Waals surface area contributed by atoms with Crippen molar-refractivity contribution in [2.24, 2.45) is 11.3 Å². The lowest BCUT2D eigenvalue weighted by Crippen LogP contribution is -2.35. The van der Waals surface area contributed by atoms with Gasteiger partial charge in [-0.25, -0.2) is 4.98 Å². The molecule has 35 heavy (non-hydrogen) atoms. The molecule has 180 valence electrons. The van der Waals surface area contributed by atoms with Crippen LogP contribution in [0.25, 0.3) is 0 Å². The molecule has 2 aromatic carbocycles. The van der Waals surface area contributed by atoms with Gasteiger partial charge in [-0.15, -0.1) is 0 Å². The third-order valence-corrected chi connectivity index (χ3v) is 7.77. The van der Waals surface area contributed by atoms with Crippen LogP contribution in [0.5, 0.6) is 0 Å². The van der Waals surface area contributed by atoms with E-state index in [1.54, 1.807) is 18.5 Å². The summed E-state index contributed by atoms with van der Waals surface area (Å²) in [4.78, 5) is 23.6. The van der Waals surface area contributed by atoms with Crippen LogP contribution < -0.4 is 0 Å². The van der Waals surface area contributed by atoms with Gasteiger partial charge in [-0.3, -0.25) is 9.78 Å². The zero-order chi connectivity index (χ0) is 25.0. The minimum Gasteiger partial charge on any atom is -0.337 e. The lowest BCUT2D eigenvalue weighted by Gasteiger charge is -2.37. The predicted octanol–water partition coefficient (Wildman–Crippen LogP) is 5.96. The molecule has 1 aromatic heterocycles. The van der Waals surface area contributed by atoms with Gasteiger partial charge < -0.3 is 4.90 Å². The van der Waals surface area contributed by atoms with Crippen LogP contribution in [0.2, 0.25) is 5.02 Å². The quantitative estimate of drug-likeness (QED) is 0.413. The zero-order valence-electron chi connectivity index (χ0n) is 20.6. The summed E-state index contributed by atoms with van der Waals surface area (Å²) >= 11 is 6.30. The SMILES string of the molecule is Cc1cnc(C(=O)N2CCC([C@](C)(CCc3ccc(C#N)c(Cl)c3)Cc3ccccc3C)C2)cn1. The second kappa shape index (κ2) is 10.6. The zero-order valence-corrected chi connectivity index (χ0v) is 21.3. The van der Waals surface area contributed by atoms with Gasteiger partial charge in [0.05, 0.1) is 22.5 Å². The highest BCUT2D eigenvalue weighted by Crippen LogP contribution is 2.42. The molecular formula is C29H31ClN4O. The Morgan fingerprint density at radius 3 is 2.69 bits per heavy atom. The number of aryl methyl sites for hydroxylation is 3. The Labute approximate surface area is 212 Å². The summed E-state index contributed by atoms with van der Waals surface area (Å²) in [6.45, 7) is 7.83. The van der Waals surface area contributed by atoms with Gasteiger partial charge in [0.15, 0.2) is 0 Å². The number of rotatable bonds is 7. The molecule has 0 spiro atoms. The summed E-state index contributed by atoms with van der Waals surface area (Å²) in [7, 11) is 0. The first-order chi connectivity index (χ1) is 16.8. The molecule has 2 heterocycles. The molecule has 1 saturated heterocycles. The molecule has 2 atom stereocenters. The van der Waals surface area contributed by atoms with E-state index >= 15 is 0 Å². The third-order valence-electron chi connectivity index (χ3n) is 7.46. The Morgan fingerprint density at radius 1 is 1.20 bits per heavy atom. The molecule has 0 N–H and O–H groups in total. The van der Waals surface area contributed by atoms with Crippen LogP contribution in [-0.2, 0) is 12.8 Å². The number of amides is 1. The average Bonchev–Trinajstić information content (AvgIpc) is 3.36. The maximum Gasteiger partial charge on any atom is 0.274 e. The molecule has 3 aromatic rings. The van der Waals surface area contributed by atoms with Gasteiger partial charge in [-0.1, -0.05) is 48.9 Å². The number of halogens is 1. The molecule has 1 aliphatic rings. The van der Waals surface area contributed by atoms with E-state index < -0.39 is 0 Å². The van der Waals surface area contributed by atoms with Crippen molar-refractivity contribution in [1.82, 2.24) is 14.9 Å². The Morgan fingerprint density at radius 2 is 2.00 bits per heavy atom. The highest BCUT2D eigenvalue weighted by molar-refractivity contribution is 6.31. The van der Waals surface area contributed by atoms with Gasteiger partial charge in [-0.2, -0.15) is 5.26 Å². The summed E-state index contributed by atoms with van der Waals surface area (Å²) in [5.41, 5.74) is 5.47. The average molecular weight is 487 g/mol. The number of hydrogen-bond acceptors (Lipinski definition) is 4. The largest absolute Gasteiger partial charge is 0.337 e. The molecule has 0 aliphatic carbocycles. The van der Waals surface area contributed by atoms with Crippen LogP contribution in [0.15, 0.2) is 54.9 Å². The third kappa shape index (κ3) is 5.71. The number of hydrogen-bond donors (Lipinski definition) is 0. The lowest BCUT2D eigenvalue weighted by molar-refractivity contribution is 0.0760. The lowest BCUT2D eigenvalue weighted by atomic mass is 9.68. The Kier molecular flexibility index (Phi) is 7.52. The van der Waals surface area contributed by atoms with Gasteiger partial charge in [0.25, 0.3) is 5.91 Å². The summed E-state index contributed by atoms with van der Waals surface area (Å²) in [5.74, 6) is 0.315. The Bertz CT molecular complexity index is 1250. The number of benzene rings is 2. The van der Waals surface area contributed by atoms with Gasteiger partial charge in [0.1, 0.15) is 11.8 Å². The van der Waals surface area contributed by atoms with Crippen molar-refractivity contribution in [1.29, 1.82) is 5.26 Å². The smallest absolute Gasteiger partial charge is 0.274 e. The van der Waals surface area contributed by atoms with E-state index in [0.717, 1.165) is 43.5 Å². The highest BCUT2D eigenvalue weighted by atomic mass is 35.5. The van der Waals surface area contributed by atoms with Crippen LogP contribution in [0.3, 0.4) is 0 Å².